The van der Waals surface area contributed by atoms with Crippen LogP contribution in [-0.4, -0.2) is 72.3 Å². The minimum absolute atomic E-state index is 0.00956. The van der Waals surface area contributed by atoms with Crippen molar-refractivity contribution in [2.24, 2.45) is 0 Å². The van der Waals surface area contributed by atoms with Crippen LogP contribution in [0.3, 0.4) is 0 Å². The smallest absolute Gasteiger partial charge is 0.236 e. The molecule has 2 rings (SSSR count). The molecule has 1 aromatic rings. The molecule has 6 heteroatoms. The topological polar surface area (TPSA) is 43.9 Å². The lowest BCUT2D eigenvalue weighted by atomic mass is 10.1. The first-order valence-corrected chi connectivity index (χ1v) is 8.55. The molecule has 1 saturated heterocycles. The Morgan fingerprint density at radius 3 is 2.38 bits per heavy atom. The molecule has 0 bridgehead atoms. The van der Waals surface area contributed by atoms with E-state index in [1.807, 2.05) is 18.7 Å². The molecule has 0 unspecified atom stereocenters. The Kier molecular flexibility index (Phi) is 6.73. The lowest BCUT2D eigenvalue weighted by Crippen LogP contribution is -2.51. The fraction of sp³-hybridized carbons (Fsp3) is 0.556. The molecule has 1 heterocycles. The van der Waals surface area contributed by atoms with Crippen molar-refractivity contribution in [2.45, 2.75) is 20.3 Å². The van der Waals surface area contributed by atoms with E-state index in [1.54, 1.807) is 17.0 Å². The van der Waals surface area contributed by atoms with Crippen molar-refractivity contribution in [2.75, 3.05) is 45.8 Å². The normalized spacial score (nSPS) is 15.4. The van der Waals surface area contributed by atoms with E-state index in [-0.39, 0.29) is 24.1 Å². The second kappa shape index (κ2) is 8.78. The van der Waals surface area contributed by atoms with Gasteiger partial charge >= 0.3 is 0 Å². The molecule has 1 aliphatic heterocycles. The lowest BCUT2D eigenvalue weighted by Gasteiger charge is -2.35. The van der Waals surface area contributed by atoms with Crippen molar-refractivity contribution in [1.29, 1.82) is 0 Å². The van der Waals surface area contributed by atoms with Crippen molar-refractivity contribution in [1.82, 2.24) is 14.7 Å². The number of hydrogen-bond acceptors (Lipinski definition) is 3. The predicted octanol–water partition coefficient (Wildman–Crippen LogP) is 1.38. The number of amides is 2. The molecule has 2 amide bonds. The molecule has 132 valence electrons. The average molecular weight is 335 g/mol. The van der Waals surface area contributed by atoms with Crippen molar-refractivity contribution >= 4 is 11.8 Å². The summed E-state index contributed by atoms with van der Waals surface area (Å²) in [7, 11) is 0. The highest BCUT2D eigenvalue weighted by atomic mass is 19.1. The second-order valence-corrected chi connectivity index (χ2v) is 6.03. The SMILES string of the molecule is CCN(CC)C(=O)CN1CCN(C(=O)Cc2cccc(F)c2)CC1. The molecule has 1 aromatic carbocycles. The van der Waals surface area contributed by atoms with E-state index in [2.05, 4.69) is 4.90 Å². The van der Waals surface area contributed by atoms with Crippen molar-refractivity contribution in [3.8, 4) is 0 Å². The summed E-state index contributed by atoms with van der Waals surface area (Å²) in [5.74, 6) is -0.171. The maximum atomic E-state index is 13.2. The second-order valence-electron chi connectivity index (χ2n) is 6.03. The molecule has 24 heavy (non-hydrogen) atoms. The first-order chi connectivity index (χ1) is 11.5. The number of halogens is 1. The number of piperazine rings is 1. The molecule has 0 aliphatic carbocycles. The number of carbonyl (C=O) groups is 2. The Morgan fingerprint density at radius 2 is 1.79 bits per heavy atom. The van der Waals surface area contributed by atoms with Gasteiger partial charge in [0.15, 0.2) is 0 Å². The summed E-state index contributed by atoms with van der Waals surface area (Å²) in [4.78, 5) is 30.2. The van der Waals surface area contributed by atoms with Crippen LogP contribution in [0.1, 0.15) is 19.4 Å². The third kappa shape index (κ3) is 5.03. The van der Waals surface area contributed by atoms with Crippen molar-refractivity contribution < 1.29 is 14.0 Å². The monoisotopic (exact) mass is 335 g/mol. The highest BCUT2D eigenvalue weighted by Crippen LogP contribution is 2.09. The van der Waals surface area contributed by atoms with Gasteiger partial charge in [-0.1, -0.05) is 12.1 Å². The van der Waals surface area contributed by atoms with Crippen LogP contribution in [0.15, 0.2) is 24.3 Å². The minimum Gasteiger partial charge on any atom is -0.342 e. The summed E-state index contributed by atoms with van der Waals surface area (Å²) in [5, 5.41) is 0. The first kappa shape index (κ1) is 18.4. The van der Waals surface area contributed by atoms with Gasteiger partial charge in [0.25, 0.3) is 0 Å². The van der Waals surface area contributed by atoms with Crippen LogP contribution in [-0.2, 0) is 16.0 Å². The summed E-state index contributed by atoms with van der Waals surface area (Å²) >= 11 is 0. The van der Waals surface area contributed by atoms with Crippen LogP contribution in [0.4, 0.5) is 4.39 Å². The minimum atomic E-state index is -0.319. The molecule has 0 spiro atoms. The van der Waals surface area contributed by atoms with Crippen molar-refractivity contribution in [3.63, 3.8) is 0 Å². The van der Waals surface area contributed by atoms with Gasteiger partial charge in [0.1, 0.15) is 5.82 Å². The summed E-state index contributed by atoms with van der Waals surface area (Å²) in [6, 6.07) is 6.16. The molecule has 5 nitrogen and oxygen atoms in total. The maximum absolute atomic E-state index is 13.2. The van der Waals surface area contributed by atoms with Gasteiger partial charge in [-0.2, -0.15) is 0 Å². The Bertz CT molecular complexity index is 567. The van der Waals surface area contributed by atoms with Gasteiger partial charge in [0, 0.05) is 39.3 Å². The van der Waals surface area contributed by atoms with E-state index in [0.717, 1.165) is 13.1 Å². The fourth-order valence-corrected chi connectivity index (χ4v) is 2.96. The van der Waals surface area contributed by atoms with Gasteiger partial charge in [-0.15, -0.1) is 0 Å². The summed E-state index contributed by atoms with van der Waals surface area (Å²) in [6.07, 6.45) is 0.218. The number of nitrogens with zero attached hydrogens (tertiary/aromatic N) is 3. The van der Waals surface area contributed by atoms with Crippen LogP contribution >= 0.6 is 0 Å². The summed E-state index contributed by atoms with van der Waals surface area (Å²) in [5.41, 5.74) is 0.694. The Balaban J connectivity index is 1.79. The van der Waals surface area contributed by atoms with E-state index in [0.29, 0.717) is 38.3 Å². The Labute approximate surface area is 143 Å². The maximum Gasteiger partial charge on any atom is 0.236 e. The third-order valence-electron chi connectivity index (χ3n) is 4.44. The largest absolute Gasteiger partial charge is 0.342 e. The quantitative estimate of drug-likeness (QED) is 0.789. The van der Waals surface area contributed by atoms with Gasteiger partial charge in [0.05, 0.1) is 13.0 Å². The van der Waals surface area contributed by atoms with Crippen LogP contribution in [0.5, 0.6) is 0 Å². The first-order valence-electron chi connectivity index (χ1n) is 8.55. The molecule has 0 atom stereocenters. The van der Waals surface area contributed by atoms with Crippen LogP contribution < -0.4 is 0 Å². The zero-order valence-corrected chi connectivity index (χ0v) is 14.5. The molecule has 1 aliphatic rings. The molecule has 0 radical (unpaired) electrons. The van der Waals surface area contributed by atoms with Crippen LogP contribution in [0.25, 0.3) is 0 Å². The molecule has 0 aromatic heterocycles. The Morgan fingerprint density at radius 1 is 1.12 bits per heavy atom. The van der Waals surface area contributed by atoms with E-state index in [4.69, 9.17) is 0 Å². The van der Waals surface area contributed by atoms with Crippen molar-refractivity contribution in [3.05, 3.63) is 35.6 Å². The number of carbonyl (C=O) groups excluding carboxylic acids is 2. The fourth-order valence-electron chi connectivity index (χ4n) is 2.96. The van der Waals surface area contributed by atoms with E-state index < -0.39 is 0 Å². The third-order valence-corrected chi connectivity index (χ3v) is 4.44. The van der Waals surface area contributed by atoms with Crippen LogP contribution in [0.2, 0.25) is 0 Å². The van der Waals surface area contributed by atoms with E-state index in [9.17, 15) is 14.0 Å². The molecular formula is C18H26FN3O2. The van der Waals surface area contributed by atoms with E-state index in [1.165, 1.54) is 12.1 Å². The molecular weight excluding hydrogens is 309 g/mol. The number of hydrogen-bond donors (Lipinski definition) is 0. The van der Waals surface area contributed by atoms with Crippen LogP contribution in [0, 0.1) is 5.82 Å². The van der Waals surface area contributed by atoms with E-state index >= 15 is 0 Å². The van der Waals surface area contributed by atoms with Gasteiger partial charge in [-0.05, 0) is 31.5 Å². The number of benzene rings is 1. The zero-order valence-electron chi connectivity index (χ0n) is 14.5. The summed E-state index contributed by atoms with van der Waals surface area (Å²) < 4.78 is 13.2. The average Bonchev–Trinajstić information content (AvgIpc) is 2.56. The highest BCUT2D eigenvalue weighted by molar-refractivity contribution is 5.79. The standard InChI is InChI=1S/C18H26FN3O2/c1-3-21(4-2)18(24)14-20-8-10-22(11-9-20)17(23)13-15-6-5-7-16(19)12-15/h5-7,12H,3-4,8-11,13-14H2,1-2H3. The van der Waals surface area contributed by atoms with Gasteiger partial charge in [-0.25, -0.2) is 4.39 Å². The molecule has 0 saturated carbocycles. The molecule has 1 fully saturated rings. The lowest BCUT2D eigenvalue weighted by molar-refractivity contribution is -0.134. The van der Waals surface area contributed by atoms with Gasteiger partial charge in [0.2, 0.25) is 11.8 Å². The summed E-state index contributed by atoms with van der Waals surface area (Å²) in [6.45, 7) is 8.43. The van der Waals surface area contributed by atoms with Gasteiger partial charge < -0.3 is 9.80 Å². The number of rotatable bonds is 6. The highest BCUT2D eigenvalue weighted by Gasteiger charge is 2.23. The number of likely N-dealkylation sites (N-methyl/N-ethyl adjacent to an activating group) is 1. The van der Waals surface area contributed by atoms with Gasteiger partial charge in [-0.3, -0.25) is 14.5 Å². The molecule has 0 N–H and O–H groups in total. The zero-order chi connectivity index (χ0) is 17.5. The Hall–Kier alpha value is -1.95. The predicted molar refractivity (Wildman–Crippen MR) is 91.1 cm³/mol.